The van der Waals surface area contributed by atoms with Crippen LogP contribution in [0, 0.1) is 0 Å². The van der Waals surface area contributed by atoms with Crippen molar-refractivity contribution in [1.29, 1.82) is 0 Å². The van der Waals surface area contributed by atoms with Crippen molar-refractivity contribution in [3.8, 4) is 0 Å². The fraction of sp³-hybridized carbons (Fsp3) is 0.115. The third kappa shape index (κ3) is 6.31. The van der Waals surface area contributed by atoms with Crippen LogP contribution in [0.1, 0.15) is 49.8 Å². The standard InChI is InChI=1S/C52H42OS/c1-33(34(2)25-27-41-29-40-28-38-30-47-42-16-12-13-21-48(42)53-49(47)31-39(38)32-50(40)54-41)22-23-35(3)51-43-17-8-10-19-45(43)52(46-20-11-9-18-44(46)51)36(4)24-26-37-14-6-5-7-15-37/h6,8-14,16-28,30-32H,1,3,5,7,15,29H2,2,4H3/b23-22-,34-25+,36-24+,37-26-,41-27+. The zero-order chi connectivity index (χ0) is 36.8. The van der Waals surface area contributed by atoms with Crippen LogP contribution in [0.25, 0.3) is 65.4 Å². The first-order chi connectivity index (χ1) is 26.4. The maximum atomic E-state index is 6.17. The Balaban J connectivity index is 0.968. The molecule has 2 heterocycles. The van der Waals surface area contributed by atoms with Crippen molar-refractivity contribution in [1.82, 2.24) is 0 Å². The van der Waals surface area contributed by atoms with Crippen molar-refractivity contribution < 1.29 is 4.42 Å². The molecule has 1 aromatic heterocycles. The van der Waals surface area contributed by atoms with E-state index in [9.17, 15) is 0 Å². The molecule has 1 aliphatic carbocycles. The highest BCUT2D eigenvalue weighted by atomic mass is 32.2. The Hall–Kier alpha value is -5.83. The van der Waals surface area contributed by atoms with Crippen LogP contribution in [0.2, 0.25) is 0 Å². The van der Waals surface area contributed by atoms with Crippen LogP contribution in [-0.2, 0) is 6.42 Å². The molecule has 0 unspecified atom stereocenters. The summed E-state index contributed by atoms with van der Waals surface area (Å²) < 4.78 is 6.17. The molecule has 0 atom stereocenters. The van der Waals surface area contributed by atoms with Gasteiger partial charge < -0.3 is 4.42 Å². The summed E-state index contributed by atoms with van der Waals surface area (Å²) in [5.41, 5.74) is 11.5. The molecular weight excluding hydrogens is 673 g/mol. The summed E-state index contributed by atoms with van der Waals surface area (Å²) in [6, 6.07) is 35.0. The number of allylic oxidation sites excluding steroid dienone is 14. The van der Waals surface area contributed by atoms with Crippen LogP contribution in [0.4, 0.5) is 0 Å². The summed E-state index contributed by atoms with van der Waals surface area (Å²) in [6.07, 6.45) is 22.3. The van der Waals surface area contributed by atoms with Gasteiger partial charge in [0.2, 0.25) is 0 Å². The van der Waals surface area contributed by atoms with E-state index in [0.29, 0.717) is 0 Å². The van der Waals surface area contributed by atoms with Gasteiger partial charge >= 0.3 is 0 Å². The fourth-order valence-electron chi connectivity index (χ4n) is 8.07. The molecule has 0 N–H and O–H groups in total. The fourth-order valence-corrected chi connectivity index (χ4v) is 9.17. The Kier molecular flexibility index (Phi) is 8.93. The summed E-state index contributed by atoms with van der Waals surface area (Å²) in [5.74, 6) is 0. The third-order valence-corrected chi connectivity index (χ3v) is 12.1. The first-order valence-corrected chi connectivity index (χ1v) is 19.7. The monoisotopic (exact) mass is 714 g/mol. The van der Waals surface area contributed by atoms with Crippen LogP contribution in [-0.4, -0.2) is 0 Å². The molecule has 0 radical (unpaired) electrons. The minimum atomic E-state index is 0.933. The smallest absolute Gasteiger partial charge is 0.136 e. The molecule has 0 saturated heterocycles. The molecule has 54 heavy (non-hydrogen) atoms. The van der Waals surface area contributed by atoms with E-state index in [1.807, 2.05) is 23.9 Å². The Morgan fingerprint density at radius 3 is 2.09 bits per heavy atom. The van der Waals surface area contributed by atoms with E-state index in [4.69, 9.17) is 4.42 Å². The lowest BCUT2D eigenvalue weighted by Crippen LogP contribution is -1.94. The van der Waals surface area contributed by atoms with Gasteiger partial charge in [-0.2, -0.15) is 0 Å². The number of rotatable bonds is 7. The highest BCUT2D eigenvalue weighted by Gasteiger charge is 2.19. The summed E-state index contributed by atoms with van der Waals surface area (Å²) in [5, 5.41) is 9.75. The maximum absolute atomic E-state index is 6.17. The van der Waals surface area contributed by atoms with Crippen molar-refractivity contribution in [3.63, 3.8) is 0 Å². The molecule has 2 aliphatic rings. The van der Waals surface area contributed by atoms with E-state index in [1.165, 1.54) is 93.6 Å². The molecule has 9 rings (SSSR count). The lowest BCUT2D eigenvalue weighted by atomic mass is 9.86. The molecule has 0 spiro atoms. The second-order valence-electron chi connectivity index (χ2n) is 14.6. The van der Waals surface area contributed by atoms with E-state index in [1.54, 1.807) is 0 Å². The van der Waals surface area contributed by atoms with Gasteiger partial charge in [0.05, 0.1) is 0 Å². The van der Waals surface area contributed by atoms with E-state index < -0.39 is 0 Å². The molecular formula is C52H42OS. The third-order valence-electron chi connectivity index (χ3n) is 11.0. The highest BCUT2D eigenvalue weighted by molar-refractivity contribution is 8.03. The minimum absolute atomic E-state index is 0.933. The molecule has 262 valence electrons. The number of furan rings is 1. The quantitative estimate of drug-likeness (QED) is 0.120. The van der Waals surface area contributed by atoms with Crippen molar-refractivity contribution in [2.75, 3.05) is 0 Å². The lowest BCUT2D eigenvalue weighted by Gasteiger charge is -2.18. The SMILES string of the molecule is C=C(/C=C\C(=C)c1c2ccccc2c(/C(C)=C/C=C2/C=CCCC2)c2ccccc12)/C(C)=C/C=C1\Cc2cc3cc4c(cc3cc2S1)oc1ccccc14. The number of hydrogen-bond donors (Lipinski definition) is 0. The number of hydrogen-bond acceptors (Lipinski definition) is 2. The van der Waals surface area contributed by atoms with Crippen LogP contribution in [0.5, 0.6) is 0 Å². The second kappa shape index (κ2) is 14.2. The van der Waals surface area contributed by atoms with E-state index in [-0.39, 0.29) is 0 Å². The molecule has 1 nitrogen and oxygen atoms in total. The van der Waals surface area contributed by atoms with Crippen LogP contribution in [0.15, 0.2) is 190 Å². The first kappa shape index (κ1) is 34.0. The number of para-hydroxylation sites is 1. The van der Waals surface area contributed by atoms with Gasteiger partial charge in [-0.25, -0.2) is 0 Å². The number of thioether (sulfide) groups is 1. The van der Waals surface area contributed by atoms with Crippen LogP contribution < -0.4 is 0 Å². The molecule has 2 heteroatoms. The largest absolute Gasteiger partial charge is 0.456 e. The number of fused-ring (bicyclic) bond motifs is 7. The summed E-state index contributed by atoms with van der Waals surface area (Å²) in [7, 11) is 0. The van der Waals surface area contributed by atoms with Gasteiger partial charge in [-0.3, -0.25) is 0 Å². The zero-order valence-electron chi connectivity index (χ0n) is 30.9. The molecule has 1 aliphatic heterocycles. The lowest BCUT2D eigenvalue weighted by molar-refractivity contribution is 0.669. The van der Waals surface area contributed by atoms with Gasteiger partial charge in [-0.15, -0.1) is 0 Å². The Morgan fingerprint density at radius 1 is 0.685 bits per heavy atom. The van der Waals surface area contributed by atoms with Crippen molar-refractivity contribution in [3.05, 3.63) is 197 Å². The highest BCUT2D eigenvalue weighted by Crippen LogP contribution is 2.44. The first-order valence-electron chi connectivity index (χ1n) is 18.9. The summed E-state index contributed by atoms with van der Waals surface area (Å²) in [6.45, 7) is 13.4. The summed E-state index contributed by atoms with van der Waals surface area (Å²) >= 11 is 1.86. The molecule has 0 bridgehead atoms. The Bertz CT molecular complexity index is 2840. The minimum Gasteiger partial charge on any atom is -0.456 e. The van der Waals surface area contributed by atoms with E-state index in [0.717, 1.165) is 40.7 Å². The summed E-state index contributed by atoms with van der Waals surface area (Å²) in [4.78, 5) is 2.66. The molecule has 0 fully saturated rings. The van der Waals surface area contributed by atoms with Gasteiger partial charge in [0.25, 0.3) is 0 Å². The van der Waals surface area contributed by atoms with Gasteiger partial charge in [0, 0.05) is 22.1 Å². The van der Waals surface area contributed by atoms with Crippen molar-refractivity contribution in [2.45, 2.75) is 44.4 Å². The van der Waals surface area contributed by atoms with Crippen LogP contribution in [0.3, 0.4) is 0 Å². The Morgan fingerprint density at radius 2 is 1.37 bits per heavy atom. The predicted molar refractivity (Wildman–Crippen MR) is 236 cm³/mol. The maximum Gasteiger partial charge on any atom is 0.136 e. The second-order valence-corrected chi connectivity index (χ2v) is 15.8. The van der Waals surface area contributed by atoms with Gasteiger partial charge in [-0.05, 0) is 145 Å². The molecule has 0 saturated carbocycles. The zero-order valence-corrected chi connectivity index (χ0v) is 31.7. The predicted octanol–water partition coefficient (Wildman–Crippen LogP) is 15.4. The van der Waals surface area contributed by atoms with Gasteiger partial charge in [0.1, 0.15) is 11.2 Å². The van der Waals surface area contributed by atoms with Crippen LogP contribution >= 0.6 is 11.8 Å². The number of benzene rings is 6. The molecule has 6 aromatic carbocycles. The topological polar surface area (TPSA) is 13.1 Å². The normalized spacial score (nSPS) is 16.6. The Labute approximate surface area is 321 Å². The van der Waals surface area contributed by atoms with Crippen molar-refractivity contribution in [2.24, 2.45) is 0 Å². The molecule has 7 aromatic rings. The van der Waals surface area contributed by atoms with E-state index >= 15 is 0 Å². The van der Waals surface area contributed by atoms with E-state index in [2.05, 4.69) is 161 Å². The average molecular weight is 715 g/mol. The van der Waals surface area contributed by atoms with Gasteiger partial charge in [0.15, 0.2) is 0 Å². The molecule has 0 amide bonds. The average Bonchev–Trinajstić information content (AvgIpc) is 3.78. The van der Waals surface area contributed by atoms with Gasteiger partial charge in [-0.1, -0.05) is 140 Å². The van der Waals surface area contributed by atoms with Crippen molar-refractivity contribution >= 4 is 77.2 Å².